The Labute approximate surface area is 189 Å². The van der Waals surface area contributed by atoms with Gasteiger partial charge in [-0.2, -0.15) is 0 Å². The van der Waals surface area contributed by atoms with Crippen LogP contribution in [0.4, 0.5) is 0 Å². The summed E-state index contributed by atoms with van der Waals surface area (Å²) in [5.41, 5.74) is 5.87. The number of hydrogen-bond acceptors (Lipinski definition) is 11. The predicted octanol–water partition coefficient (Wildman–Crippen LogP) is -0.408. The summed E-state index contributed by atoms with van der Waals surface area (Å²) in [5, 5.41) is 3.17. The van der Waals surface area contributed by atoms with Crippen molar-refractivity contribution in [2.45, 2.75) is 43.1 Å². The molecule has 15 heteroatoms. The molecule has 5 N–H and O–H groups in total. The van der Waals surface area contributed by atoms with Gasteiger partial charge in [0.05, 0.1) is 26.4 Å². The van der Waals surface area contributed by atoms with Gasteiger partial charge in [-0.1, -0.05) is 0 Å². The minimum absolute atomic E-state index is 0.00202. The molecule has 2 saturated heterocycles. The number of phosphoric ester groups is 2. The minimum atomic E-state index is -4.34. The first-order valence-electron chi connectivity index (χ1n) is 10.5. The van der Waals surface area contributed by atoms with E-state index in [1.54, 1.807) is 0 Å². The molecule has 7 unspecified atom stereocenters. The van der Waals surface area contributed by atoms with Crippen LogP contribution in [0.3, 0.4) is 0 Å². The fourth-order valence-corrected chi connectivity index (χ4v) is 5.36. The number of ether oxygens (including phenoxy) is 1. The quantitative estimate of drug-likeness (QED) is 0.226. The van der Waals surface area contributed by atoms with Crippen LogP contribution in [0.15, 0.2) is 0 Å². The van der Waals surface area contributed by atoms with Gasteiger partial charge in [0, 0.05) is 44.4 Å². The molecule has 2 heterocycles. The number of nitrogens with zero attached hydrogens (tertiary/aromatic N) is 2. The van der Waals surface area contributed by atoms with Crippen LogP contribution >= 0.6 is 15.6 Å². The molecule has 0 aromatic carbocycles. The molecule has 0 bridgehead atoms. The Morgan fingerprint density at radius 3 is 1.88 bits per heavy atom. The monoisotopic (exact) mass is 504 g/mol. The fourth-order valence-electron chi connectivity index (χ4n) is 3.78. The summed E-state index contributed by atoms with van der Waals surface area (Å²) in [7, 11) is -1.70. The molecular formula is C17H38N4O9P2. The zero-order valence-corrected chi connectivity index (χ0v) is 21.0. The molecule has 32 heavy (non-hydrogen) atoms. The van der Waals surface area contributed by atoms with E-state index < -0.39 is 21.7 Å². The molecule has 7 atom stereocenters. The van der Waals surface area contributed by atoms with Gasteiger partial charge in [0.15, 0.2) is 0 Å². The molecule has 0 amide bonds. The van der Waals surface area contributed by atoms with E-state index in [0.29, 0.717) is 19.0 Å². The Bertz CT molecular complexity index is 676. The van der Waals surface area contributed by atoms with Crippen molar-refractivity contribution in [2.24, 2.45) is 5.73 Å². The van der Waals surface area contributed by atoms with Crippen molar-refractivity contribution < 1.29 is 41.7 Å². The van der Waals surface area contributed by atoms with E-state index in [2.05, 4.69) is 5.32 Å². The standard InChI is InChI=1S/C17H38N4O9P2/c1-19-14-6-16(21(3)8-14)10-28-32(24,25)30-12-17(26-4)11-29-31(22,23)27-9-15-5-13(18)7-20(15)2/h13-17,19H,5-12,18H2,1-4H3,(H,22,23)(H,24,25). The maximum Gasteiger partial charge on any atom is 0.472 e. The first-order valence-corrected chi connectivity index (χ1v) is 13.5. The van der Waals surface area contributed by atoms with Gasteiger partial charge in [-0.15, -0.1) is 0 Å². The first kappa shape index (κ1) is 28.3. The number of phosphoric acid groups is 2. The second kappa shape index (κ2) is 12.6. The van der Waals surface area contributed by atoms with Crippen molar-refractivity contribution in [3.63, 3.8) is 0 Å². The molecule has 0 aromatic rings. The van der Waals surface area contributed by atoms with E-state index in [0.717, 1.165) is 13.0 Å². The molecule has 0 aliphatic carbocycles. The maximum atomic E-state index is 12.2. The van der Waals surface area contributed by atoms with Crippen LogP contribution in [0.25, 0.3) is 0 Å². The average Bonchev–Trinajstić information content (AvgIpc) is 3.25. The summed E-state index contributed by atoms with van der Waals surface area (Å²) in [6.45, 7) is 0.788. The number of likely N-dealkylation sites (tertiary alicyclic amines) is 2. The van der Waals surface area contributed by atoms with E-state index in [4.69, 9.17) is 28.6 Å². The fraction of sp³-hybridized carbons (Fsp3) is 1.00. The lowest BCUT2D eigenvalue weighted by atomic mass is 10.2. The first-order chi connectivity index (χ1) is 14.9. The lowest BCUT2D eigenvalue weighted by molar-refractivity contribution is -0.000373. The highest BCUT2D eigenvalue weighted by atomic mass is 31.2. The van der Waals surface area contributed by atoms with Crippen molar-refractivity contribution in [2.75, 3.05) is 67.8 Å². The Hall–Kier alpha value is 0.0200. The van der Waals surface area contributed by atoms with Crippen molar-refractivity contribution in [1.82, 2.24) is 15.1 Å². The molecule has 190 valence electrons. The van der Waals surface area contributed by atoms with Gasteiger partial charge in [-0.3, -0.25) is 27.9 Å². The Morgan fingerprint density at radius 2 is 1.47 bits per heavy atom. The summed E-state index contributed by atoms with van der Waals surface area (Å²) in [6, 6.07) is 0.210. The second-order valence-corrected chi connectivity index (χ2v) is 11.3. The maximum absolute atomic E-state index is 12.2. The molecule has 13 nitrogen and oxygen atoms in total. The summed E-state index contributed by atoms with van der Waals surface area (Å²) < 4.78 is 49.5. The number of methoxy groups -OCH3 is 1. The van der Waals surface area contributed by atoms with E-state index in [1.165, 1.54) is 7.11 Å². The van der Waals surface area contributed by atoms with E-state index in [-0.39, 0.29) is 44.6 Å². The van der Waals surface area contributed by atoms with Crippen molar-refractivity contribution in [1.29, 1.82) is 0 Å². The second-order valence-electron chi connectivity index (χ2n) is 8.38. The molecule has 2 aliphatic heterocycles. The molecule has 0 aromatic heterocycles. The third-order valence-corrected chi connectivity index (χ3v) is 7.76. The van der Waals surface area contributed by atoms with Crippen LogP contribution in [-0.4, -0.2) is 118 Å². The van der Waals surface area contributed by atoms with Crippen LogP contribution < -0.4 is 11.1 Å². The molecule has 2 fully saturated rings. The van der Waals surface area contributed by atoms with Gasteiger partial charge in [-0.05, 0) is 34.0 Å². The molecule has 0 spiro atoms. The molecule has 2 aliphatic rings. The summed E-state index contributed by atoms with van der Waals surface area (Å²) in [6.07, 6.45) is 0.562. The smallest absolute Gasteiger partial charge is 0.377 e. The highest BCUT2D eigenvalue weighted by Gasteiger charge is 2.33. The molecular weight excluding hydrogens is 466 g/mol. The lowest BCUT2D eigenvalue weighted by Gasteiger charge is -2.23. The average molecular weight is 504 g/mol. The number of likely N-dealkylation sites (N-methyl/N-ethyl adjacent to an activating group) is 3. The number of nitrogens with two attached hydrogens (primary N) is 1. The van der Waals surface area contributed by atoms with E-state index in [9.17, 15) is 18.9 Å². The van der Waals surface area contributed by atoms with Crippen LogP contribution in [0.5, 0.6) is 0 Å². The van der Waals surface area contributed by atoms with Gasteiger partial charge >= 0.3 is 15.6 Å². The SMILES string of the molecule is CNC1CC(COP(=O)(O)OCC(COP(=O)(O)OCC2CC(N)CN2C)OC)N(C)C1. The van der Waals surface area contributed by atoms with Gasteiger partial charge in [-0.25, -0.2) is 9.13 Å². The molecule has 0 saturated carbocycles. The normalized spacial score (nSPS) is 32.1. The number of rotatable bonds is 14. The predicted molar refractivity (Wildman–Crippen MR) is 117 cm³/mol. The van der Waals surface area contributed by atoms with Crippen LogP contribution in [-0.2, 0) is 32.0 Å². The zero-order chi connectivity index (χ0) is 23.9. The molecule has 0 radical (unpaired) electrons. The van der Waals surface area contributed by atoms with Crippen LogP contribution in [0.1, 0.15) is 12.8 Å². The largest absolute Gasteiger partial charge is 0.472 e. The van der Waals surface area contributed by atoms with Gasteiger partial charge in [0.25, 0.3) is 0 Å². The Morgan fingerprint density at radius 1 is 0.969 bits per heavy atom. The number of nitrogens with one attached hydrogen (secondary N) is 1. The lowest BCUT2D eigenvalue weighted by Crippen LogP contribution is -2.30. The van der Waals surface area contributed by atoms with Gasteiger partial charge in [0.1, 0.15) is 6.10 Å². The zero-order valence-electron chi connectivity index (χ0n) is 19.2. The highest BCUT2D eigenvalue weighted by Crippen LogP contribution is 2.46. The van der Waals surface area contributed by atoms with Gasteiger partial charge < -0.3 is 25.6 Å². The van der Waals surface area contributed by atoms with Crippen LogP contribution in [0, 0.1) is 0 Å². The van der Waals surface area contributed by atoms with Gasteiger partial charge in [0.2, 0.25) is 0 Å². The highest BCUT2D eigenvalue weighted by molar-refractivity contribution is 7.47. The van der Waals surface area contributed by atoms with Crippen molar-refractivity contribution in [3.8, 4) is 0 Å². The Balaban J connectivity index is 1.70. The van der Waals surface area contributed by atoms with Crippen molar-refractivity contribution in [3.05, 3.63) is 0 Å². The Kier molecular flexibility index (Phi) is 11.2. The van der Waals surface area contributed by atoms with E-state index in [1.807, 2.05) is 30.9 Å². The topological polar surface area (TPSA) is 165 Å². The third-order valence-electron chi connectivity index (χ3n) is 5.86. The summed E-state index contributed by atoms with van der Waals surface area (Å²) in [5.74, 6) is 0. The molecule has 2 rings (SSSR count). The van der Waals surface area contributed by atoms with Crippen LogP contribution in [0.2, 0.25) is 0 Å². The third kappa shape index (κ3) is 9.34. The van der Waals surface area contributed by atoms with E-state index >= 15 is 0 Å². The minimum Gasteiger partial charge on any atom is -0.377 e. The van der Waals surface area contributed by atoms with Crippen molar-refractivity contribution >= 4 is 15.6 Å². The number of hydrogen-bond donors (Lipinski definition) is 4. The summed E-state index contributed by atoms with van der Waals surface area (Å²) in [4.78, 5) is 23.8. The summed E-state index contributed by atoms with van der Waals surface area (Å²) >= 11 is 0.